The summed E-state index contributed by atoms with van der Waals surface area (Å²) in [6.45, 7) is 2.36. The van der Waals surface area contributed by atoms with Crippen molar-refractivity contribution >= 4 is 0 Å². The van der Waals surface area contributed by atoms with E-state index in [0.717, 1.165) is 17.8 Å². The Bertz CT molecular complexity index is 246. The molecule has 2 N–H and O–H groups in total. The van der Waals surface area contributed by atoms with Gasteiger partial charge in [-0.1, -0.05) is 26.2 Å². The van der Waals surface area contributed by atoms with Gasteiger partial charge in [0.25, 0.3) is 0 Å². The van der Waals surface area contributed by atoms with Gasteiger partial charge in [0.2, 0.25) is 0 Å². The van der Waals surface area contributed by atoms with Gasteiger partial charge in [0, 0.05) is 6.04 Å². The fourth-order valence-electron chi connectivity index (χ4n) is 5.09. The number of hydrogen-bond donors (Lipinski definition) is 1. The van der Waals surface area contributed by atoms with E-state index in [0.29, 0.717) is 11.5 Å². The molecular weight excluding hydrogens is 182 g/mol. The molecule has 0 aromatic heterocycles. The summed E-state index contributed by atoms with van der Waals surface area (Å²) in [4.78, 5) is 0. The van der Waals surface area contributed by atoms with Gasteiger partial charge in [0.05, 0.1) is 0 Å². The number of rotatable bonds is 1. The van der Waals surface area contributed by atoms with Crippen LogP contribution in [0, 0.1) is 23.2 Å². The van der Waals surface area contributed by atoms with E-state index in [2.05, 4.69) is 6.92 Å². The topological polar surface area (TPSA) is 26.0 Å². The molecule has 0 aromatic rings. The first-order chi connectivity index (χ1) is 7.26. The van der Waals surface area contributed by atoms with Crippen LogP contribution in [0.25, 0.3) is 0 Å². The van der Waals surface area contributed by atoms with Gasteiger partial charge in [-0.25, -0.2) is 0 Å². The van der Waals surface area contributed by atoms with Crippen molar-refractivity contribution in [2.45, 2.75) is 64.3 Å². The Balaban J connectivity index is 1.83. The lowest BCUT2D eigenvalue weighted by Crippen LogP contribution is -2.48. The van der Waals surface area contributed by atoms with Crippen molar-refractivity contribution in [1.29, 1.82) is 0 Å². The highest BCUT2D eigenvalue weighted by Crippen LogP contribution is 2.61. The minimum atomic E-state index is 0.561. The van der Waals surface area contributed by atoms with Gasteiger partial charge >= 0.3 is 0 Å². The Morgan fingerprint density at radius 2 is 2.13 bits per heavy atom. The van der Waals surface area contributed by atoms with E-state index in [1.165, 1.54) is 51.4 Å². The largest absolute Gasteiger partial charge is 0.327 e. The second-order valence-corrected chi connectivity index (χ2v) is 6.40. The van der Waals surface area contributed by atoms with Crippen LogP contribution >= 0.6 is 0 Å². The standard InChI is InChI=1S/C14H25N/c1-2-10-4-3-7-14(9-10)12-6-5-11(8-12)13(14)15/h10-13H,2-9,15H2,1H3/t10-,11-,12?,13-,14-/m1/s1. The first kappa shape index (κ1) is 10.1. The summed E-state index contributed by atoms with van der Waals surface area (Å²) >= 11 is 0. The van der Waals surface area contributed by atoms with Crippen molar-refractivity contribution in [1.82, 2.24) is 0 Å². The predicted molar refractivity (Wildman–Crippen MR) is 63.5 cm³/mol. The molecule has 3 aliphatic carbocycles. The quantitative estimate of drug-likeness (QED) is 0.701. The summed E-state index contributed by atoms with van der Waals surface area (Å²) in [5, 5.41) is 0. The van der Waals surface area contributed by atoms with E-state index in [1.54, 1.807) is 0 Å². The second-order valence-electron chi connectivity index (χ2n) is 6.40. The van der Waals surface area contributed by atoms with Crippen LogP contribution < -0.4 is 5.73 Å². The molecule has 5 atom stereocenters. The first-order valence-electron chi connectivity index (χ1n) is 7.02. The van der Waals surface area contributed by atoms with Gasteiger partial charge in [-0.05, 0) is 55.3 Å². The van der Waals surface area contributed by atoms with Crippen LogP contribution in [0.2, 0.25) is 0 Å². The van der Waals surface area contributed by atoms with E-state index in [4.69, 9.17) is 5.73 Å². The summed E-state index contributed by atoms with van der Waals surface area (Å²) in [5.41, 5.74) is 7.15. The highest BCUT2D eigenvalue weighted by atomic mass is 14.8. The number of hydrogen-bond acceptors (Lipinski definition) is 1. The van der Waals surface area contributed by atoms with Crippen LogP contribution in [0.3, 0.4) is 0 Å². The SMILES string of the molecule is CC[C@@H]1CCC[C@@]2(C1)C1CC[C@H](C1)[C@H]2N. The summed E-state index contributed by atoms with van der Waals surface area (Å²) in [5.74, 6) is 2.89. The van der Waals surface area contributed by atoms with Crippen molar-refractivity contribution < 1.29 is 0 Å². The summed E-state index contributed by atoms with van der Waals surface area (Å²) in [6, 6.07) is 0.561. The van der Waals surface area contributed by atoms with Crippen molar-refractivity contribution in [2.24, 2.45) is 28.9 Å². The number of nitrogens with two attached hydrogens (primary N) is 1. The molecule has 0 amide bonds. The zero-order chi connectivity index (χ0) is 10.5. The van der Waals surface area contributed by atoms with Gasteiger partial charge in [-0.15, -0.1) is 0 Å². The molecule has 0 heterocycles. The van der Waals surface area contributed by atoms with Gasteiger partial charge in [-0.3, -0.25) is 0 Å². The van der Waals surface area contributed by atoms with Crippen LogP contribution in [0.4, 0.5) is 0 Å². The third kappa shape index (κ3) is 1.32. The molecule has 2 bridgehead atoms. The van der Waals surface area contributed by atoms with Crippen molar-refractivity contribution in [2.75, 3.05) is 0 Å². The van der Waals surface area contributed by atoms with Gasteiger partial charge in [0.15, 0.2) is 0 Å². The Kier molecular flexibility index (Phi) is 2.35. The molecule has 1 unspecified atom stereocenters. The smallest absolute Gasteiger partial charge is 0.0127 e. The molecule has 1 heteroatoms. The lowest BCUT2D eigenvalue weighted by atomic mass is 9.59. The second kappa shape index (κ2) is 3.48. The Labute approximate surface area is 93.8 Å². The van der Waals surface area contributed by atoms with E-state index < -0.39 is 0 Å². The molecule has 0 saturated heterocycles. The summed E-state index contributed by atoms with van der Waals surface area (Å²) in [7, 11) is 0. The van der Waals surface area contributed by atoms with Crippen LogP contribution in [-0.4, -0.2) is 6.04 Å². The van der Waals surface area contributed by atoms with Crippen LogP contribution in [0.5, 0.6) is 0 Å². The predicted octanol–water partition coefficient (Wildman–Crippen LogP) is 3.33. The van der Waals surface area contributed by atoms with Crippen molar-refractivity contribution in [3.05, 3.63) is 0 Å². The minimum Gasteiger partial charge on any atom is -0.327 e. The maximum atomic E-state index is 6.55. The molecule has 1 spiro atoms. The first-order valence-corrected chi connectivity index (χ1v) is 7.02. The minimum absolute atomic E-state index is 0.561. The van der Waals surface area contributed by atoms with Gasteiger partial charge in [0.1, 0.15) is 0 Å². The van der Waals surface area contributed by atoms with E-state index in [9.17, 15) is 0 Å². The summed E-state index contributed by atoms with van der Waals surface area (Å²) < 4.78 is 0. The van der Waals surface area contributed by atoms with Crippen molar-refractivity contribution in [3.63, 3.8) is 0 Å². The molecule has 3 fully saturated rings. The average Bonchev–Trinajstić information content (AvgIpc) is 2.84. The zero-order valence-corrected chi connectivity index (χ0v) is 10.0. The molecule has 0 aliphatic heterocycles. The molecule has 3 saturated carbocycles. The lowest BCUT2D eigenvalue weighted by Gasteiger charge is -2.47. The Morgan fingerprint density at radius 3 is 2.80 bits per heavy atom. The van der Waals surface area contributed by atoms with Crippen molar-refractivity contribution in [3.8, 4) is 0 Å². The molecule has 3 rings (SSSR count). The highest BCUT2D eigenvalue weighted by molar-refractivity contribution is 5.09. The Hall–Kier alpha value is -0.0400. The monoisotopic (exact) mass is 207 g/mol. The maximum Gasteiger partial charge on any atom is 0.0127 e. The van der Waals surface area contributed by atoms with Crippen LogP contribution in [0.1, 0.15) is 58.3 Å². The molecular formula is C14H25N. The molecule has 0 aromatic carbocycles. The average molecular weight is 207 g/mol. The third-order valence-corrected chi connectivity index (χ3v) is 5.96. The normalized spacial score (nSPS) is 54.0. The molecule has 15 heavy (non-hydrogen) atoms. The lowest BCUT2D eigenvalue weighted by molar-refractivity contribution is 0.0471. The molecule has 0 radical (unpaired) electrons. The molecule has 3 aliphatic rings. The van der Waals surface area contributed by atoms with E-state index in [-0.39, 0.29) is 0 Å². The zero-order valence-electron chi connectivity index (χ0n) is 10.0. The highest BCUT2D eigenvalue weighted by Gasteiger charge is 2.57. The number of fused-ring (bicyclic) bond motifs is 3. The fourth-order valence-corrected chi connectivity index (χ4v) is 5.09. The Morgan fingerprint density at radius 1 is 1.27 bits per heavy atom. The van der Waals surface area contributed by atoms with E-state index in [1.807, 2.05) is 0 Å². The van der Waals surface area contributed by atoms with Crippen LogP contribution in [0.15, 0.2) is 0 Å². The van der Waals surface area contributed by atoms with Gasteiger partial charge < -0.3 is 5.73 Å². The van der Waals surface area contributed by atoms with Crippen LogP contribution in [-0.2, 0) is 0 Å². The summed E-state index contributed by atoms with van der Waals surface area (Å²) in [6.07, 6.45) is 11.6. The fraction of sp³-hybridized carbons (Fsp3) is 1.00. The van der Waals surface area contributed by atoms with Gasteiger partial charge in [-0.2, -0.15) is 0 Å². The van der Waals surface area contributed by atoms with E-state index >= 15 is 0 Å². The maximum absolute atomic E-state index is 6.55. The third-order valence-electron chi connectivity index (χ3n) is 5.96. The molecule has 86 valence electrons. The molecule has 1 nitrogen and oxygen atoms in total.